The third-order valence-corrected chi connectivity index (χ3v) is 7.71. The van der Waals surface area contributed by atoms with Gasteiger partial charge in [-0.1, -0.05) is 134 Å². The summed E-state index contributed by atoms with van der Waals surface area (Å²) in [5.41, 5.74) is 0. The SMILES string of the molecule is CC/C=C\C/C=C\C/C=C\C/C=C\C[C@H](O)[C@@H](O)CCCC(=O)OC[C@@H](O)COC(=O)CCCCCCCCCCCCC(C)C. The highest BCUT2D eigenvalue weighted by Crippen LogP contribution is 2.14. The molecular formula is C39H68O7. The molecule has 0 radical (unpaired) electrons. The molecule has 0 aliphatic heterocycles. The fourth-order valence-electron chi connectivity index (χ4n) is 4.83. The summed E-state index contributed by atoms with van der Waals surface area (Å²) < 4.78 is 10.2. The third-order valence-electron chi connectivity index (χ3n) is 7.71. The zero-order valence-corrected chi connectivity index (χ0v) is 29.5. The van der Waals surface area contributed by atoms with Crippen LogP contribution < -0.4 is 0 Å². The van der Waals surface area contributed by atoms with E-state index in [1.54, 1.807) is 0 Å². The predicted molar refractivity (Wildman–Crippen MR) is 189 cm³/mol. The molecule has 7 nitrogen and oxygen atoms in total. The molecule has 0 unspecified atom stereocenters. The number of carbonyl (C=O) groups excluding carboxylic acids is 2. The van der Waals surface area contributed by atoms with Crippen molar-refractivity contribution in [1.29, 1.82) is 0 Å². The second-order valence-corrected chi connectivity index (χ2v) is 12.8. The molecule has 0 aromatic heterocycles. The van der Waals surface area contributed by atoms with Crippen molar-refractivity contribution in [3.8, 4) is 0 Å². The van der Waals surface area contributed by atoms with Crippen molar-refractivity contribution in [2.24, 2.45) is 5.92 Å². The standard InChI is InChI=1S/C39H68O7/c1-4-5-6-7-8-9-10-11-15-18-21-24-28-36(41)37(42)29-26-31-39(44)46-33-35(40)32-45-38(43)30-25-22-19-16-13-12-14-17-20-23-27-34(2)3/h5-6,8-9,11,15,21,24,34-37,40-42H,4,7,10,12-14,16-20,22-23,25-33H2,1-3H3/b6-5-,9-8-,15-11-,24-21-/t35-,36-,37-/m0/s1. The number of aliphatic hydroxyl groups excluding tert-OH is 3. The Kier molecular flexibility index (Phi) is 31.1. The van der Waals surface area contributed by atoms with Gasteiger partial charge in [-0.3, -0.25) is 9.59 Å². The van der Waals surface area contributed by atoms with Crippen LogP contribution in [0.15, 0.2) is 48.6 Å². The minimum atomic E-state index is -1.07. The Morgan fingerprint density at radius 1 is 0.543 bits per heavy atom. The van der Waals surface area contributed by atoms with Gasteiger partial charge < -0.3 is 24.8 Å². The van der Waals surface area contributed by atoms with Gasteiger partial charge in [-0.25, -0.2) is 0 Å². The molecule has 0 rings (SSSR count). The Labute approximate surface area is 281 Å². The molecule has 0 aliphatic carbocycles. The monoisotopic (exact) mass is 648 g/mol. The first kappa shape index (κ1) is 43.8. The molecular weight excluding hydrogens is 580 g/mol. The largest absolute Gasteiger partial charge is 0.463 e. The van der Waals surface area contributed by atoms with E-state index in [1.165, 1.54) is 51.4 Å². The molecule has 0 aliphatic rings. The van der Waals surface area contributed by atoms with Crippen LogP contribution >= 0.6 is 0 Å². The van der Waals surface area contributed by atoms with Gasteiger partial charge >= 0.3 is 11.9 Å². The van der Waals surface area contributed by atoms with E-state index in [-0.39, 0.29) is 32.0 Å². The lowest BCUT2D eigenvalue weighted by atomic mass is 10.0. The summed E-state index contributed by atoms with van der Waals surface area (Å²) in [5.74, 6) is -0.0346. The van der Waals surface area contributed by atoms with Gasteiger partial charge in [0.1, 0.15) is 19.3 Å². The van der Waals surface area contributed by atoms with E-state index in [9.17, 15) is 24.9 Å². The molecule has 0 saturated carbocycles. The minimum absolute atomic E-state index is 0.0680. The molecule has 3 N–H and O–H groups in total. The van der Waals surface area contributed by atoms with Crippen LogP contribution in [0.25, 0.3) is 0 Å². The number of hydrogen-bond donors (Lipinski definition) is 3. The molecule has 0 aromatic carbocycles. The van der Waals surface area contributed by atoms with Crippen molar-refractivity contribution in [3.63, 3.8) is 0 Å². The normalized spacial score (nSPS) is 14.2. The Balaban J connectivity index is 3.73. The van der Waals surface area contributed by atoms with Crippen LogP contribution in [0, 0.1) is 5.92 Å². The van der Waals surface area contributed by atoms with E-state index in [0.717, 1.165) is 50.9 Å². The summed E-state index contributed by atoms with van der Waals surface area (Å²) in [6.07, 6.45) is 32.1. The van der Waals surface area contributed by atoms with Crippen molar-refractivity contribution in [2.75, 3.05) is 13.2 Å². The molecule has 0 fully saturated rings. The fraction of sp³-hybridized carbons (Fsp3) is 0.744. The van der Waals surface area contributed by atoms with Crippen LogP contribution in [0.2, 0.25) is 0 Å². The highest BCUT2D eigenvalue weighted by atomic mass is 16.6. The first-order valence-corrected chi connectivity index (χ1v) is 18.2. The molecule has 0 amide bonds. The zero-order chi connectivity index (χ0) is 34.1. The summed E-state index contributed by atoms with van der Waals surface area (Å²) in [5, 5.41) is 30.3. The van der Waals surface area contributed by atoms with Crippen LogP contribution in [0.4, 0.5) is 0 Å². The maximum absolute atomic E-state index is 12.0. The topological polar surface area (TPSA) is 113 Å². The van der Waals surface area contributed by atoms with Gasteiger partial charge in [-0.2, -0.15) is 0 Å². The average Bonchev–Trinajstić information content (AvgIpc) is 3.03. The lowest BCUT2D eigenvalue weighted by Gasteiger charge is -2.16. The number of esters is 2. The molecule has 7 heteroatoms. The van der Waals surface area contributed by atoms with Crippen molar-refractivity contribution in [2.45, 2.75) is 167 Å². The number of carbonyl (C=O) groups is 2. The smallest absolute Gasteiger partial charge is 0.305 e. The first-order chi connectivity index (χ1) is 22.3. The molecule has 266 valence electrons. The minimum Gasteiger partial charge on any atom is -0.463 e. The van der Waals surface area contributed by atoms with Crippen LogP contribution in [0.3, 0.4) is 0 Å². The number of hydrogen-bond acceptors (Lipinski definition) is 7. The molecule has 0 bridgehead atoms. The van der Waals surface area contributed by atoms with E-state index >= 15 is 0 Å². The number of rotatable bonds is 31. The zero-order valence-electron chi connectivity index (χ0n) is 29.5. The van der Waals surface area contributed by atoms with Gasteiger partial charge in [0.2, 0.25) is 0 Å². The lowest BCUT2D eigenvalue weighted by Crippen LogP contribution is -2.26. The molecule has 3 atom stereocenters. The van der Waals surface area contributed by atoms with Crippen molar-refractivity contribution >= 4 is 11.9 Å². The van der Waals surface area contributed by atoms with Gasteiger partial charge in [-0.15, -0.1) is 0 Å². The molecule has 0 aromatic rings. The second kappa shape index (κ2) is 32.7. The van der Waals surface area contributed by atoms with Gasteiger partial charge in [0.25, 0.3) is 0 Å². The van der Waals surface area contributed by atoms with Crippen LogP contribution in [-0.2, 0) is 19.1 Å². The predicted octanol–water partition coefficient (Wildman–Crippen LogP) is 8.86. The van der Waals surface area contributed by atoms with E-state index < -0.39 is 24.3 Å². The van der Waals surface area contributed by atoms with Crippen LogP contribution in [0.1, 0.15) is 149 Å². The Bertz CT molecular complexity index is 830. The summed E-state index contributed by atoms with van der Waals surface area (Å²) in [6.45, 7) is 6.23. The van der Waals surface area contributed by atoms with Crippen molar-refractivity contribution in [1.82, 2.24) is 0 Å². The van der Waals surface area contributed by atoms with Gasteiger partial charge in [-0.05, 0) is 57.3 Å². The summed E-state index contributed by atoms with van der Waals surface area (Å²) in [6, 6.07) is 0. The number of allylic oxidation sites excluding steroid dienone is 7. The molecule has 0 heterocycles. The summed E-state index contributed by atoms with van der Waals surface area (Å²) in [4.78, 5) is 23.9. The third kappa shape index (κ3) is 31.7. The molecule has 46 heavy (non-hydrogen) atoms. The van der Waals surface area contributed by atoms with Gasteiger partial charge in [0.05, 0.1) is 12.2 Å². The number of aliphatic hydroxyl groups is 3. The average molecular weight is 649 g/mol. The summed E-state index contributed by atoms with van der Waals surface area (Å²) >= 11 is 0. The van der Waals surface area contributed by atoms with Crippen LogP contribution in [-0.4, -0.2) is 58.8 Å². The van der Waals surface area contributed by atoms with E-state index in [1.807, 2.05) is 12.2 Å². The number of unbranched alkanes of at least 4 members (excludes halogenated alkanes) is 9. The Morgan fingerprint density at radius 3 is 1.48 bits per heavy atom. The first-order valence-electron chi connectivity index (χ1n) is 18.2. The second-order valence-electron chi connectivity index (χ2n) is 12.8. The number of ether oxygens (including phenoxy) is 2. The fourth-order valence-corrected chi connectivity index (χ4v) is 4.83. The van der Waals surface area contributed by atoms with Crippen LogP contribution in [0.5, 0.6) is 0 Å². The summed E-state index contributed by atoms with van der Waals surface area (Å²) in [7, 11) is 0. The van der Waals surface area contributed by atoms with Crippen molar-refractivity contribution < 1.29 is 34.4 Å². The lowest BCUT2D eigenvalue weighted by molar-refractivity contribution is -0.152. The highest BCUT2D eigenvalue weighted by Gasteiger charge is 2.16. The van der Waals surface area contributed by atoms with Gasteiger partial charge in [0, 0.05) is 12.8 Å². The Hall–Kier alpha value is -2.22. The quantitative estimate of drug-likeness (QED) is 0.0391. The highest BCUT2D eigenvalue weighted by molar-refractivity contribution is 5.69. The molecule has 0 saturated heterocycles. The Morgan fingerprint density at radius 2 is 0.978 bits per heavy atom. The van der Waals surface area contributed by atoms with Gasteiger partial charge in [0.15, 0.2) is 0 Å². The molecule has 0 spiro atoms. The maximum Gasteiger partial charge on any atom is 0.305 e. The van der Waals surface area contributed by atoms with E-state index in [4.69, 9.17) is 9.47 Å². The van der Waals surface area contributed by atoms with E-state index in [2.05, 4.69) is 57.2 Å². The maximum atomic E-state index is 12.0. The van der Waals surface area contributed by atoms with Crippen molar-refractivity contribution in [3.05, 3.63) is 48.6 Å². The van der Waals surface area contributed by atoms with E-state index in [0.29, 0.717) is 19.3 Å².